The predicted octanol–water partition coefficient (Wildman–Crippen LogP) is 2.94. The van der Waals surface area contributed by atoms with E-state index >= 15 is 0 Å². The van der Waals surface area contributed by atoms with Crippen LogP contribution in [-0.2, 0) is 9.53 Å². The molecule has 118 valence electrons. The molecular weight excluding hydrogens is 288 g/mol. The molecule has 1 amide bonds. The zero-order chi connectivity index (χ0) is 16.0. The van der Waals surface area contributed by atoms with Crippen molar-refractivity contribution in [2.45, 2.75) is 40.5 Å². The van der Waals surface area contributed by atoms with Crippen molar-refractivity contribution in [1.82, 2.24) is 0 Å². The lowest BCUT2D eigenvalue weighted by atomic mass is 9.81. The summed E-state index contributed by atoms with van der Waals surface area (Å²) in [4.78, 5) is 25.4. The van der Waals surface area contributed by atoms with Crippen LogP contribution in [0.2, 0.25) is 0 Å². The highest BCUT2D eigenvalue weighted by Crippen LogP contribution is 2.32. The number of nitrogens with one attached hydrogen (secondary N) is 1. The number of esters is 1. The first kappa shape index (κ1) is 17.7. The number of rotatable bonds is 7. The van der Waals surface area contributed by atoms with Crippen molar-refractivity contribution in [3.63, 3.8) is 0 Å². The number of hydrogen-bond acceptors (Lipinski definition) is 5. The van der Waals surface area contributed by atoms with Crippen LogP contribution in [0.15, 0.2) is 6.07 Å². The van der Waals surface area contributed by atoms with Gasteiger partial charge in [0.2, 0.25) is 5.91 Å². The Balaban J connectivity index is 3.02. The first-order chi connectivity index (χ1) is 9.93. The summed E-state index contributed by atoms with van der Waals surface area (Å²) in [5, 5.41) is 3.40. The highest BCUT2D eigenvalue weighted by Gasteiger charge is 2.34. The van der Waals surface area contributed by atoms with Gasteiger partial charge in [0.05, 0.1) is 17.6 Å². The Morgan fingerprint density at radius 3 is 2.43 bits per heavy atom. The quantitative estimate of drug-likeness (QED) is 0.758. The topological polar surface area (TPSA) is 81.4 Å². The summed E-state index contributed by atoms with van der Waals surface area (Å²) in [6, 6.07) is 1.74. The molecule has 5 nitrogen and oxygen atoms in total. The van der Waals surface area contributed by atoms with E-state index in [0.29, 0.717) is 30.0 Å². The van der Waals surface area contributed by atoms with Gasteiger partial charge in [0, 0.05) is 11.4 Å². The van der Waals surface area contributed by atoms with Crippen LogP contribution in [0, 0.1) is 12.3 Å². The minimum absolute atomic E-state index is 0.137. The molecule has 0 aliphatic heterocycles. The number of thiophene rings is 1. The Bertz CT molecular complexity index is 499. The lowest BCUT2D eigenvalue weighted by Gasteiger charge is -2.28. The second-order valence-corrected chi connectivity index (χ2v) is 6.22. The predicted molar refractivity (Wildman–Crippen MR) is 85.7 cm³/mol. The van der Waals surface area contributed by atoms with E-state index in [1.54, 1.807) is 13.0 Å². The summed E-state index contributed by atoms with van der Waals surface area (Å²) in [7, 11) is 0. The molecule has 0 spiro atoms. The highest BCUT2D eigenvalue weighted by atomic mass is 32.1. The third-order valence-electron chi connectivity index (χ3n) is 3.80. The molecule has 1 aromatic rings. The van der Waals surface area contributed by atoms with Crippen LogP contribution in [0.3, 0.4) is 0 Å². The lowest BCUT2D eigenvalue weighted by Crippen LogP contribution is -2.41. The van der Waals surface area contributed by atoms with Gasteiger partial charge in [-0.3, -0.25) is 4.79 Å². The molecule has 0 unspecified atom stereocenters. The standard InChI is InChI=1S/C15H24N2O3S/c1-5-15(6-2,9-16)14(19)17-12-11(8-10(4)21-12)13(18)20-7-3/h8H,5-7,9,16H2,1-4H3,(H,17,19). The lowest BCUT2D eigenvalue weighted by molar-refractivity contribution is -0.125. The molecule has 0 saturated carbocycles. The van der Waals surface area contributed by atoms with Gasteiger partial charge in [-0.05, 0) is 32.8 Å². The van der Waals surface area contributed by atoms with Crippen LogP contribution in [0.25, 0.3) is 0 Å². The minimum atomic E-state index is -0.593. The van der Waals surface area contributed by atoms with Gasteiger partial charge in [-0.2, -0.15) is 0 Å². The van der Waals surface area contributed by atoms with E-state index in [1.165, 1.54) is 11.3 Å². The third kappa shape index (κ3) is 3.83. The number of hydrogen-bond donors (Lipinski definition) is 2. The Labute approximate surface area is 129 Å². The van der Waals surface area contributed by atoms with Gasteiger partial charge < -0.3 is 15.8 Å². The Morgan fingerprint density at radius 1 is 1.33 bits per heavy atom. The molecule has 1 heterocycles. The van der Waals surface area contributed by atoms with E-state index in [9.17, 15) is 9.59 Å². The monoisotopic (exact) mass is 312 g/mol. The molecule has 21 heavy (non-hydrogen) atoms. The fourth-order valence-corrected chi connectivity index (χ4v) is 3.05. The third-order valence-corrected chi connectivity index (χ3v) is 4.77. The molecule has 0 radical (unpaired) electrons. The van der Waals surface area contributed by atoms with Gasteiger partial charge in [0.1, 0.15) is 5.00 Å². The van der Waals surface area contributed by atoms with Crippen molar-refractivity contribution in [3.8, 4) is 0 Å². The van der Waals surface area contributed by atoms with E-state index < -0.39 is 11.4 Å². The fourth-order valence-electron chi connectivity index (χ4n) is 2.16. The summed E-state index contributed by atoms with van der Waals surface area (Å²) in [5.74, 6) is -0.550. The molecule has 0 bridgehead atoms. The minimum Gasteiger partial charge on any atom is -0.462 e. The number of nitrogens with two attached hydrogens (primary N) is 1. The molecule has 0 aromatic carbocycles. The molecule has 0 fully saturated rings. The zero-order valence-electron chi connectivity index (χ0n) is 13.1. The molecule has 6 heteroatoms. The van der Waals surface area contributed by atoms with E-state index in [0.717, 1.165) is 4.88 Å². The average molecular weight is 312 g/mol. The number of ether oxygens (including phenoxy) is 1. The molecule has 1 aromatic heterocycles. The van der Waals surface area contributed by atoms with Gasteiger partial charge in [0.25, 0.3) is 0 Å². The normalized spacial score (nSPS) is 11.3. The number of anilines is 1. The summed E-state index contributed by atoms with van der Waals surface area (Å²) in [5.41, 5.74) is 5.60. The van der Waals surface area contributed by atoms with Gasteiger partial charge in [-0.1, -0.05) is 13.8 Å². The van der Waals surface area contributed by atoms with Crippen LogP contribution in [-0.4, -0.2) is 25.0 Å². The van der Waals surface area contributed by atoms with Gasteiger partial charge in [0.15, 0.2) is 0 Å². The molecule has 3 N–H and O–H groups in total. The Morgan fingerprint density at radius 2 is 1.95 bits per heavy atom. The SMILES string of the molecule is CCOC(=O)c1cc(C)sc1NC(=O)C(CC)(CC)CN. The average Bonchev–Trinajstić information content (AvgIpc) is 2.82. The van der Waals surface area contributed by atoms with Crippen molar-refractivity contribution in [2.24, 2.45) is 11.1 Å². The first-order valence-corrected chi connectivity index (χ1v) is 8.04. The van der Waals surface area contributed by atoms with Crippen LogP contribution >= 0.6 is 11.3 Å². The summed E-state index contributed by atoms with van der Waals surface area (Å²) < 4.78 is 5.02. The molecule has 0 aliphatic rings. The van der Waals surface area contributed by atoms with E-state index in [2.05, 4.69) is 5.32 Å². The van der Waals surface area contributed by atoms with Crippen molar-refractivity contribution in [2.75, 3.05) is 18.5 Å². The van der Waals surface area contributed by atoms with Crippen LogP contribution in [0.4, 0.5) is 5.00 Å². The largest absolute Gasteiger partial charge is 0.462 e. The van der Waals surface area contributed by atoms with E-state index in [1.807, 2.05) is 20.8 Å². The fraction of sp³-hybridized carbons (Fsp3) is 0.600. The smallest absolute Gasteiger partial charge is 0.341 e. The van der Waals surface area contributed by atoms with E-state index in [-0.39, 0.29) is 12.5 Å². The van der Waals surface area contributed by atoms with Crippen LogP contribution in [0.1, 0.15) is 48.8 Å². The Hall–Kier alpha value is -1.40. The second kappa shape index (κ2) is 7.56. The first-order valence-electron chi connectivity index (χ1n) is 7.23. The molecule has 0 atom stereocenters. The molecule has 0 saturated heterocycles. The highest BCUT2D eigenvalue weighted by molar-refractivity contribution is 7.16. The number of aryl methyl sites for hydroxylation is 1. The van der Waals surface area contributed by atoms with Crippen LogP contribution in [0.5, 0.6) is 0 Å². The molecule has 1 rings (SSSR count). The maximum Gasteiger partial charge on any atom is 0.341 e. The summed E-state index contributed by atoms with van der Waals surface area (Å²) in [6.45, 7) is 8.12. The maximum absolute atomic E-state index is 12.5. The van der Waals surface area contributed by atoms with Gasteiger partial charge in [-0.25, -0.2) is 4.79 Å². The van der Waals surface area contributed by atoms with E-state index in [4.69, 9.17) is 10.5 Å². The molecular formula is C15H24N2O3S. The van der Waals surface area contributed by atoms with Crippen molar-refractivity contribution >= 4 is 28.2 Å². The summed E-state index contributed by atoms with van der Waals surface area (Å²) >= 11 is 1.37. The van der Waals surface area contributed by atoms with Crippen molar-refractivity contribution < 1.29 is 14.3 Å². The molecule has 0 aliphatic carbocycles. The van der Waals surface area contributed by atoms with Gasteiger partial charge in [-0.15, -0.1) is 11.3 Å². The number of amides is 1. The Kier molecular flexibility index (Phi) is 6.36. The maximum atomic E-state index is 12.5. The second-order valence-electron chi connectivity index (χ2n) is 4.97. The summed E-state index contributed by atoms with van der Waals surface area (Å²) in [6.07, 6.45) is 1.32. The van der Waals surface area contributed by atoms with Crippen molar-refractivity contribution in [3.05, 3.63) is 16.5 Å². The van der Waals surface area contributed by atoms with Crippen molar-refractivity contribution in [1.29, 1.82) is 0 Å². The zero-order valence-corrected chi connectivity index (χ0v) is 13.9. The van der Waals surface area contributed by atoms with Gasteiger partial charge >= 0.3 is 5.97 Å². The van der Waals surface area contributed by atoms with Crippen LogP contribution < -0.4 is 11.1 Å². The number of carbonyl (C=O) groups is 2. The number of carbonyl (C=O) groups excluding carboxylic acids is 2.